The van der Waals surface area contributed by atoms with Gasteiger partial charge in [-0.15, -0.1) is 0 Å². The molecule has 1 amide bonds. The Morgan fingerprint density at radius 3 is 3.12 bits per heavy atom. The molecule has 0 aliphatic carbocycles. The molecular weight excluding hydrogens is 304 g/mol. The number of fused-ring (bicyclic) bond motifs is 2. The van der Waals surface area contributed by atoms with Crippen molar-refractivity contribution >= 4 is 16.9 Å². The number of amides is 1. The molecule has 24 heavy (non-hydrogen) atoms. The Bertz CT molecular complexity index is 880. The highest BCUT2D eigenvalue weighted by atomic mass is 16.1. The maximum absolute atomic E-state index is 12.4. The van der Waals surface area contributed by atoms with Crippen LogP contribution in [0, 0.1) is 5.92 Å². The van der Waals surface area contributed by atoms with Crippen LogP contribution in [0.1, 0.15) is 18.1 Å². The fourth-order valence-corrected chi connectivity index (χ4v) is 3.31. The number of nitrogens with one attached hydrogen (secondary N) is 1. The number of para-hydroxylation sites is 2. The monoisotopic (exact) mass is 324 g/mol. The van der Waals surface area contributed by atoms with Gasteiger partial charge in [0.05, 0.1) is 23.5 Å². The second-order valence-corrected chi connectivity index (χ2v) is 6.21. The van der Waals surface area contributed by atoms with E-state index in [1.54, 1.807) is 6.33 Å². The molecule has 1 aromatic carbocycles. The van der Waals surface area contributed by atoms with Crippen molar-refractivity contribution < 1.29 is 4.79 Å². The predicted molar refractivity (Wildman–Crippen MR) is 89.3 cm³/mol. The highest BCUT2D eigenvalue weighted by molar-refractivity contribution is 5.79. The largest absolute Gasteiger partial charge is 0.355 e. The Morgan fingerprint density at radius 2 is 2.25 bits per heavy atom. The van der Waals surface area contributed by atoms with E-state index >= 15 is 0 Å². The number of hydrogen-bond acceptors (Lipinski definition) is 4. The summed E-state index contributed by atoms with van der Waals surface area (Å²) < 4.78 is 3.92. The van der Waals surface area contributed by atoms with Gasteiger partial charge in [-0.25, -0.2) is 14.6 Å². The number of imidazole rings is 1. The third kappa shape index (κ3) is 2.66. The van der Waals surface area contributed by atoms with Gasteiger partial charge >= 0.3 is 0 Å². The molecule has 0 saturated carbocycles. The molecule has 1 aliphatic heterocycles. The maximum Gasteiger partial charge on any atom is 0.225 e. The molecule has 7 nitrogen and oxygen atoms in total. The Hall–Kier alpha value is -2.70. The van der Waals surface area contributed by atoms with Crippen molar-refractivity contribution in [3.05, 3.63) is 42.2 Å². The predicted octanol–water partition coefficient (Wildman–Crippen LogP) is 1.09. The summed E-state index contributed by atoms with van der Waals surface area (Å²) in [5.74, 6) is 2.02. The average Bonchev–Trinajstić information content (AvgIpc) is 3.19. The lowest BCUT2D eigenvalue weighted by Crippen LogP contribution is -2.37. The number of aromatic nitrogens is 5. The third-order valence-corrected chi connectivity index (χ3v) is 4.70. The molecule has 124 valence electrons. The second-order valence-electron chi connectivity index (χ2n) is 6.21. The second kappa shape index (κ2) is 6.07. The fourth-order valence-electron chi connectivity index (χ4n) is 3.31. The van der Waals surface area contributed by atoms with E-state index < -0.39 is 0 Å². The minimum atomic E-state index is -0.0281. The van der Waals surface area contributed by atoms with E-state index in [0.717, 1.165) is 41.9 Å². The van der Waals surface area contributed by atoms with Crippen LogP contribution in [0.3, 0.4) is 0 Å². The summed E-state index contributed by atoms with van der Waals surface area (Å²) in [5, 5.41) is 7.21. The molecule has 0 spiro atoms. The highest BCUT2D eigenvalue weighted by Gasteiger charge is 2.25. The standard InChI is InChI=1S/C17H20N6O/c1-22-14-5-3-2-4-13(14)21-16(22)8-9-18-17(24)12-6-7-15-19-11-20-23(15)10-12/h2-5,11-12H,6-10H2,1H3,(H,18,24). The number of rotatable bonds is 4. The van der Waals surface area contributed by atoms with E-state index in [9.17, 15) is 4.79 Å². The zero-order chi connectivity index (χ0) is 16.5. The van der Waals surface area contributed by atoms with Crippen LogP contribution in [-0.2, 0) is 31.2 Å². The van der Waals surface area contributed by atoms with Crippen molar-refractivity contribution in [1.29, 1.82) is 0 Å². The topological polar surface area (TPSA) is 77.6 Å². The number of hydrogen-bond donors (Lipinski definition) is 1. The average molecular weight is 324 g/mol. The molecule has 4 rings (SSSR count). The Kier molecular flexibility index (Phi) is 3.76. The Labute approximate surface area is 139 Å². The number of benzene rings is 1. The highest BCUT2D eigenvalue weighted by Crippen LogP contribution is 2.18. The van der Waals surface area contributed by atoms with E-state index in [2.05, 4.69) is 31.0 Å². The van der Waals surface area contributed by atoms with E-state index in [4.69, 9.17) is 0 Å². The van der Waals surface area contributed by atoms with Gasteiger partial charge in [0.15, 0.2) is 0 Å². The van der Waals surface area contributed by atoms with Gasteiger partial charge in [0.25, 0.3) is 0 Å². The molecular formula is C17H20N6O. The number of nitrogens with zero attached hydrogens (tertiary/aromatic N) is 5. The van der Waals surface area contributed by atoms with E-state index in [-0.39, 0.29) is 11.8 Å². The lowest BCUT2D eigenvalue weighted by atomic mass is 9.99. The Morgan fingerprint density at radius 1 is 1.38 bits per heavy atom. The molecule has 0 radical (unpaired) electrons. The maximum atomic E-state index is 12.4. The van der Waals surface area contributed by atoms with Crippen molar-refractivity contribution in [2.24, 2.45) is 13.0 Å². The minimum absolute atomic E-state index is 0.0281. The molecule has 1 aliphatic rings. The van der Waals surface area contributed by atoms with Crippen LogP contribution in [0.25, 0.3) is 11.0 Å². The van der Waals surface area contributed by atoms with Gasteiger partial charge in [-0.05, 0) is 18.6 Å². The molecule has 2 aromatic heterocycles. The fraction of sp³-hybridized carbons (Fsp3) is 0.412. The van der Waals surface area contributed by atoms with Gasteiger partial charge < -0.3 is 9.88 Å². The normalized spacial score (nSPS) is 17.0. The zero-order valence-corrected chi connectivity index (χ0v) is 13.6. The zero-order valence-electron chi connectivity index (χ0n) is 13.6. The summed E-state index contributed by atoms with van der Waals surface area (Å²) in [6.07, 6.45) is 3.92. The summed E-state index contributed by atoms with van der Waals surface area (Å²) in [7, 11) is 2.01. The number of carbonyl (C=O) groups is 1. The SMILES string of the molecule is Cn1c(CCNC(=O)C2CCc3ncnn3C2)nc2ccccc21. The summed E-state index contributed by atoms with van der Waals surface area (Å²) >= 11 is 0. The van der Waals surface area contributed by atoms with Gasteiger partial charge in [0, 0.05) is 26.4 Å². The van der Waals surface area contributed by atoms with Crippen molar-refractivity contribution in [2.75, 3.05) is 6.54 Å². The summed E-state index contributed by atoms with van der Waals surface area (Å²) in [6.45, 7) is 1.21. The van der Waals surface area contributed by atoms with Crippen LogP contribution in [-0.4, -0.2) is 36.8 Å². The minimum Gasteiger partial charge on any atom is -0.355 e. The number of aryl methyl sites for hydroxylation is 2. The molecule has 3 aromatic rings. The van der Waals surface area contributed by atoms with Crippen molar-refractivity contribution in [2.45, 2.75) is 25.8 Å². The van der Waals surface area contributed by atoms with Gasteiger partial charge in [0.2, 0.25) is 5.91 Å². The van der Waals surface area contributed by atoms with Crippen molar-refractivity contribution in [1.82, 2.24) is 29.6 Å². The quantitative estimate of drug-likeness (QED) is 0.779. The first-order valence-corrected chi connectivity index (χ1v) is 8.27. The third-order valence-electron chi connectivity index (χ3n) is 4.70. The molecule has 3 heterocycles. The molecule has 0 fully saturated rings. The smallest absolute Gasteiger partial charge is 0.225 e. The van der Waals surface area contributed by atoms with Crippen molar-refractivity contribution in [3.63, 3.8) is 0 Å². The summed E-state index contributed by atoms with van der Waals surface area (Å²) in [6, 6.07) is 8.07. The van der Waals surface area contributed by atoms with E-state index in [0.29, 0.717) is 13.1 Å². The molecule has 1 N–H and O–H groups in total. The van der Waals surface area contributed by atoms with Gasteiger partial charge in [-0.3, -0.25) is 4.79 Å². The first kappa shape index (κ1) is 14.9. The van der Waals surface area contributed by atoms with E-state index in [1.165, 1.54) is 0 Å². The van der Waals surface area contributed by atoms with Crippen LogP contribution in [0.2, 0.25) is 0 Å². The lowest BCUT2D eigenvalue weighted by Gasteiger charge is -2.21. The Balaban J connectivity index is 1.35. The van der Waals surface area contributed by atoms with Crippen LogP contribution < -0.4 is 5.32 Å². The van der Waals surface area contributed by atoms with Gasteiger partial charge in [-0.1, -0.05) is 12.1 Å². The van der Waals surface area contributed by atoms with Crippen LogP contribution in [0.4, 0.5) is 0 Å². The van der Waals surface area contributed by atoms with Crippen LogP contribution >= 0.6 is 0 Å². The molecule has 1 atom stereocenters. The van der Waals surface area contributed by atoms with Crippen molar-refractivity contribution in [3.8, 4) is 0 Å². The summed E-state index contributed by atoms with van der Waals surface area (Å²) in [5.41, 5.74) is 2.11. The molecule has 7 heteroatoms. The first-order valence-electron chi connectivity index (χ1n) is 8.27. The van der Waals surface area contributed by atoms with Gasteiger partial charge in [0.1, 0.15) is 18.0 Å². The summed E-state index contributed by atoms with van der Waals surface area (Å²) in [4.78, 5) is 21.2. The molecule has 0 saturated heterocycles. The van der Waals surface area contributed by atoms with Gasteiger partial charge in [-0.2, -0.15) is 5.10 Å². The van der Waals surface area contributed by atoms with Crippen LogP contribution in [0.15, 0.2) is 30.6 Å². The molecule has 0 bridgehead atoms. The first-order chi connectivity index (χ1) is 11.7. The number of carbonyl (C=O) groups excluding carboxylic acids is 1. The van der Waals surface area contributed by atoms with Crippen LogP contribution in [0.5, 0.6) is 0 Å². The van der Waals surface area contributed by atoms with E-state index in [1.807, 2.05) is 29.9 Å². The lowest BCUT2D eigenvalue weighted by molar-refractivity contribution is -0.126. The molecule has 1 unspecified atom stereocenters.